The summed E-state index contributed by atoms with van der Waals surface area (Å²) in [5.41, 5.74) is 4.03. The Morgan fingerprint density at radius 2 is 2.00 bits per heavy atom. The summed E-state index contributed by atoms with van der Waals surface area (Å²) in [6.07, 6.45) is 6.95. The molecule has 2 heterocycles. The molecule has 9 heteroatoms. The van der Waals surface area contributed by atoms with Crippen LogP contribution < -0.4 is 9.62 Å². The number of nitrogens with zero attached hydrogens (tertiary/aromatic N) is 3. The van der Waals surface area contributed by atoms with E-state index in [0.717, 1.165) is 41.9 Å². The first-order valence-corrected chi connectivity index (χ1v) is 15.3. The van der Waals surface area contributed by atoms with Crippen LogP contribution >= 0.6 is 11.3 Å². The fourth-order valence-electron chi connectivity index (χ4n) is 5.46. The third-order valence-corrected chi connectivity index (χ3v) is 10.5. The van der Waals surface area contributed by atoms with Crippen molar-refractivity contribution in [1.82, 2.24) is 14.3 Å². The predicted octanol–water partition coefficient (Wildman–Crippen LogP) is 5.17. The molecule has 2 aromatic heterocycles. The third-order valence-electron chi connectivity index (χ3n) is 7.63. The van der Waals surface area contributed by atoms with Crippen molar-refractivity contribution < 1.29 is 13.2 Å². The fraction of sp³-hybridized carbons (Fsp3) is 0.310. The summed E-state index contributed by atoms with van der Waals surface area (Å²) in [4.78, 5) is 20.2. The second-order valence-electron chi connectivity index (χ2n) is 10.1. The first-order valence-electron chi connectivity index (χ1n) is 12.9. The van der Waals surface area contributed by atoms with Gasteiger partial charge in [-0.1, -0.05) is 42.5 Å². The van der Waals surface area contributed by atoms with Gasteiger partial charge in [0.1, 0.15) is 10.0 Å². The monoisotopic (exact) mass is 546 g/mol. The number of thiophene rings is 1. The van der Waals surface area contributed by atoms with E-state index in [1.54, 1.807) is 23.7 Å². The Kier molecular flexibility index (Phi) is 6.67. The van der Waals surface area contributed by atoms with E-state index in [-0.39, 0.29) is 23.8 Å². The second-order valence-corrected chi connectivity index (χ2v) is 13.0. The van der Waals surface area contributed by atoms with Gasteiger partial charge in [0.2, 0.25) is 5.91 Å². The summed E-state index contributed by atoms with van der Waals surface area (Å²) < 4.78 is 31.3. The zero-order chi connectivity index (χ0) is 26.3. The number of amides is 1. The van der Waals surface area contributed by atoms with Crippen molar-refractivity contribution in [3.05, 3.63) is 101 Å². The van der Waals surface area contributed by atoms with Crippen LogP contribution in [0.2, 0.25) is 0 Å². The molecule has 2 aromatic carbocycles. The number of aromatic nitrogens is 2. The topological polar surface area (TPSA) is 84.3 Å². The molecule has 7 nitrogen and oxygen atoms in total. The van der Waals surface area contributed by atoms with Crippen LogP contribution in [0.25, 0.3) is 0 Å². The largest absolute Gasteiger partial charge is 0.337 e. The lowest BCUT2D eigenvalue weighted by Gasteiger charge is -2.29. The molecule has 3 atom stereocenters. The molecule has 4 aromatic rings. The molecular weight excluding hydrogens is 516 g/mol. The average molecular weight is 547 g/mol. The van der Waals surface area contributed by atoms with Crippen molar-refractivity contribution in [2.45, 2.75) is 48.4 Å². The molecule has 0 unspecified atom stereocenters. The molecule has 0 radical (unpaired) electrons. The van der Waals surface area contributed by atoms with E-state index in [1.165, 1.54) is 16.9 Å². The Hall–Kier alpha value is -3.27. The van der Waals surface area contributed by atoms with E-state index in [2.05, 4.69) is 27.9 Å². The maximum atomic E-state index is 13.9. The number of benzene rings is 2. The maximum absolute atomic E-state index is 13.9. The molecule has 2 aliphatic carbocycles. The van der Waals surface area contributed by atoms with Crippen LogP contribution in [0, 0.1) is 5.92 Å². The Morgan fingerprint density at radius 3 is 2.74 bits per heavy atom. The fourth-order valence-corrected chi connectivity index (χ4v) is 7.72. The average Bonchev–Trinajstić information content (AvgIpc) is 3.30. The third kappa shape index (κ3) is 4.93. The van der Waals surface area contributed by atoms with Crippen LogP contribution in [-0.2, 0) is 34.8 Å². The summed E-state index contributed by atoms with van der Waals surface area (Å²) in [5.74, 6) is 1.01. The van der Waals surface area contributed by atoms with Gasteiger partial charge in [-0.2, -0.15) is 0 Å². The smallest absolute Gasteiger partial charge is 0.250 e. The standard InChI is InChI=1S/C29H30N4O3S2/c1-32-15-14-30-27(32)19-33(29(34)25-18-23(25)20-7-3-2-4-8-20)22-13-12-21-9-5-10-26(24(21)17-22)31-38(35,36)28-11-6-16-37-28/h2-4,6-8,11-17,23,25-26,31H,5,9-10,18-19H2,1H3/t23-,25-,26-/m0/s1. The number of carbonyl (C=O) groups excluding carboxylic acids is 1. The highest BCUT2D eigenvalue weighted by Gasteiger charge is 2.46. The van der Waals surface area contributed by atoms with Gasteiger partial charge in [-0.15, -0.1) is 11.3 Å². The molecule has 196 valence electrons. The lowest BCUT2D eigenvalue weighted by molar-refractivity contribution is -0.120. The number of carbonyl (C=O) groups is 1. The first-order chi connectivity index (χ1) is 18.4. The molecule has 2 aliphatic rings. The molecule has 0 saturated heterocycles. The Labute approximate surface area is 227 Å². The van der Waals surface area contributed by atoms with Crippen LogP contribution in [0.3, 0.4) is 0 Å². The van der Waals surface area contributed by atoms with Crippen LogP contribution in [0.1, 0.15) is 53.7 Å². The number of hydrogen-bond acceptors (Lipinski definition) is 5. The maximum Gasteiger partial charge on any atom is 0.250 e. The van der Waals surface area contributed by atoms with Gasteiger partial charge in [-0.3, -0.25) is 4.79 Å². The van der Waals surface area contributed by atoms with Gasteiger partial charge in [0.15, 0.2) is 0 Å². The number of nitrogens with one attached hydrogen (secondary N) is 1. The van der Waals surface area contributed by atoms with Gasteiger partial charge in [0.25, 0.3) is 10.0 Å². The zero-order valence-corrected chi connectivity index (χ0v) is 22.8. The van der Waals surface area contributed by atoms with E-state index in [0.29, 0.717) is 17.2 Å². The predicted molar refractivity (Wildman–Crippen MR) is 148 cm³/mol. The van der Waals surface area contributed by atoms with Crippen LogP contribution in [0.5, 0.6) is 0 Å². The van der Waals surface area contributed by atoms with E-state index >= 15 is 0 Å². The van der Waals surface area contributed by atoms with Gasteiger partial charge < -0.3 is 9.47 Å². The lowest BCUT2D eigenvalue weighted by Crippen LogP contribution is -2.34. The highest BCUT2D eigenvalue weighted by atomic mass is 32.2. The quantitative estimate of drug-likeness (QED) is 0.330. The zero-order valence-electron chi connectivity index (χ0n) is 21.2. The second kappa shape index (κ2) is 10.1. The van der Waals surface area contributed by atoms with Crippen LogP contribution in [-0.4, -0.2) is 23.9 Å². The van der Waals surface area contributed by atoms with Gasteiger partial charge in [-0.25, -0.2) is 18.1 Å². The van der Waals surface area contributed by atoms with Crippen molar-refractivity contribution >= 4 is 33.0 Å². The molecule has 6 rings (SSSR count). The first kappa shape index (κ1) is 25.0. The van der Waals surface area contributed by atoms with Crippen molar-refractivity contribution in [1.29, 1.82) is 0 Å². The molecule has 1 fully saturated rings. The van der Waals surface area contributed by atoms with Crippen molar-refractivity contribution in [3.63, 3.8) is 0 Å². The van der Waals surface area contributed by atoms with E-state index in [1.807, 2.05) is 53.0 Å². The van der Waals surface area contributed by atoms with Gasteiger partial charge in [-0.05, 0) is 71.9 Å². The number of aryl methyl sites for hydroxylation is 2. The SMILES string of the molecule is Cn1ccnc1CN(C(=O)[C@H]1C[C@H]1c1ccccc1)c1ccc2c(c1)[C@@H](NS(=O)(=O)c1cccs1)CCC2. The van der Waals surface area contributed by atoms with Gasteiger partial charge in [0, 0.05) is 37.1 Å². The molecule has 1 amide bonds. The Balaban J connectivity index is 1.32. The molecule has 1 saturated carbocycles. The van der Waals surface area contributed by atoms with E-state index in [9.17, 15) is 13.2 Å². The van der Waals surface area contributed by atoms with Crippen molar-refractivity contribution in [3.8, 4) is 0 Å². The molecule has 0 aliphatic heterocycles. The Bertz CT molecular complexity index is 1550. The van der Waals surface area contributed by atoms with Crippen molar-refractivity contribution in [2.75, 3.05) is 4.90 Å². The summed E-state index contributed by atoms with van der Waals surface area (Å²) >= 11 is 1.21. The van der Waals surface area contributed by atoms with Gasteiger partial charge in [0.05, 0.1) is 6.54 Å². The number of fused-ring (bicyclic) bond motifs is 1. The molecular formula is C29H30N4O3S2. The molecule has 0 bridgehead atoms. The van der Waals surface area contributed by atoms with Crippen LogP contribution in [0.15, 0.2) is 82.6 Å². The normalized spacial score (nSPS) is 20.6. The summed E-state index contributed by atoms with van der Waals surface area (Å²) in [6, 6.07) is 19.3. The van der Waals surface area contributed by atoms with Crippen molar-refractivity contribution in [2.24, 2.45) is 13.0 Å². The minimum absolute atomic E-state index is 0.0772. The summed E-state index contributed by atoms with van der Waals surface area (Å²) in [6.45, 7) is 0.352. The van der Waals surface area contributed by atoms with Gasteiger partial charge >= 0.3 is 0 Å². The number of hydrogen-bond donors (Lipinski definition) is 1. The number of imidazole rings is 1. The number of anilines is 1. The highest BCUT2D eigenvalue weighted by molar-refractivity contribution is 7.91. The highest BCUT2D eigenvalue weighted by Crippen LogP contribution is 2.49. The molecule has 38 heavy (non-hydrogen) atoms. The van der Waals surface area contributed by atoms with Crippen LogP contribution in [0.4, 0.5) is 5.69 Å². The number of sulfonamides is 1. The van der Waals surface area contributed by atoms with E-state index in [4.69, 9.17) is 0 Å². The molecule has 1 N–H and O–H groups in total. The lowest BCUT2D eigenvalue weighted by atomic mass is 9.87. The number of rotatable bonds is 8. The van der Waals surface area contributed by atoms with E-state index < -0.39 is 10.0 Å². The minimum Gasteiger partial charge on any atom is -0.337 e. The summed E-state index contributed by atoms with van der Waals surface area (Å²) in [5, 5.41) is 1.77. The minimum atomic E-state index is -3.62. The molecule has 0 spiro atoms. The summed E-state index contributed by atoms with van der Waals surface area (Å²) in [7, 11) is -1.69. The Morgan fingerprint density at radius 1 is 1.16 bits per heavy atom.